The first-order valence-electron chi connectivity index (χ1n) is 4.12. The zero-order valence-electron chi connectivity index (χ0n) is 6.94. The fourth-order valence-corrected chi connectivity index (χ4v) is 0.918. The molecule has 0 saturated heterocycles. The molecule has 0 aromatic heterocycles. The summed E-state index contributed by atoms with van der Waals surface area (Å²) in [6, 6.07) is 0. The monoisotopic (exact) mass is 204 g/mol. The highest BCUT2D eigenvalue weighted by Crippen LogP contribution is 2.06. The van der Waals surface area contributed by atoms with Crippen molar-refractivity contribution in [3.05, 3.63) is 12.2 Å². The van der Waals surface area contributed by atoms with Crippen molar-refractivity contribution in [3.63, 3.8) is 0 Å². The molecule has 0 bridgehead atoms. The van der Waals surface area contributed by atoms with E-state index in [1.165, 1.54) is 25.7 Å². The Morgan fingerprint density at radius 3 is 2.60 bits per heavy atom. The molecule has 0 saturated carbocycles. The van der Waals surface area contributed by atoms with Crippen LogP contribution in [0.5, 0.6) is 0 Å². The summed E-state index contributed by atoms with van der Waals surface area (Å²) in [6.45, 7) is 4.41. The van der Waals surface area contributed by atoms with Crippen LogP contribution in [0.1, 0.15) is 39.5 Å². The van der Waals surface area contributed by atoms with E-state index in [0.717, 1.165) is 0 Å². The minimum absolute atomic E-state index is 0.587. The highest BCUT2D eigenvalue weighted by molar-refractivity contribution is 9.09. The molecule has 0 aliphatic heterocycles. The molecule has 0 spiro atoms. The van der Waals surface area contributed by atoms with Gasteiger partial charge in [-0.3, -0.25) is 0 Å². The standard InChI is InChI=1S/C9H17Br/c1-3-5-6-7-8-9(10)4-2/h7-9H,3-6H2,1-2H3/b8-7+. The van der Waals surface area contributed by atoms with Crippen molar-refractivity contribution in [1.82, 2.24) is 0 Å². The maximum Gasteiger partial charge on any atom is 0.0322 e. The third kappa shape index (κ3) is 6.34. The zero-order valence-corrected chi connectivity index (χ0v) is 8.52. The summed E-state index contributed by atoms with van der Waals surface area (Å²) in [5.74, 6) is 0. The summed E-state index contributed by atoms with van der Waals surface area (Å²) in [4.78, 5) is 0.587. The van der Waals surface area contributed by atoms with Crippen LogP contribution in [0.4, 0.5) is 0 Å². The number of hydrogen-bond donors (Lipinski definition) is 0. The van der Waals surface area contributed by atoms with E-state index in [-0.39, 0.29) is 0 Å². The highest BCUT2D eigenvalue weighted by Gasteiger charge is 1.90. The van der Waals surface area contributed by atoms with Crippen LogP contribution < -0.4 is 0 Å². The van der Waals surface area contributed by atoms with Gasteiger partial charge >= 0.3 is 0 Å². The molecule has 1 unspecified atom stereocenters. The zero-order chi connectivity index (χ0) is 7.82. The molecule has 0 amide bonds. The van der Waals surface area contributed by atoms with Gasteiger partial charge in [0.2, 0.25) is 0 Å². The molecule has 0 heterocycles. The Balaban J connectivity index is 3.18. The largest absolute Gasteiger partial charge is 0.0874 e. The predicted molar refractivity (Wildman–Crippen MR) is 51.7 cm³/mol. The van der Waals surface area contributed by atoms with Gasteiger partial charge in [0, 0.05) is 4.83 Å². The minimum atomic E-state index is 0.587. The molecule has 1 atom stereocenters. The maximum atomic E-state index is 3.54. The van der Waals surface area contributed by atoms with Crippen molar-refractivity contribution >= 4 is 15.9 Å². The Morgan fingerprint density at radius 2 is 2.10 bits per heavy atom. The number of alkyl halides is 1. The van der Waals surface area contributed by atoms with E-state index in [9.17, 15) is 0 Å². The number of halogens is 1. The van der Waals surface area contributed by atoms with Gasteiger partial charge in [-0.1, -0.05) is 54.8 Å². The molecule has 0 rings (SSSR count). The lowest BCUT2D eigenvalue weighted by Crippen LogP contribution is -1.86. The fraction of sp³-hybridized carbons (Fsp3) is 0.778. The summed E-state index contributed by atoms with van der Waals surface area (Å²) in [7, 11) is 0. The Labute approximate surface area is 72.8 Å². The van der Waals surface area contributed by atoms with E-state index in [4.69, 9.17) is 0 Å². The Bertz CT molecular complexity index is 86.7. The number of allylic oxidation sites excluding steroid dienone is 2. The second-order valence-electron chi connectivity index (χ2n) is 2.49. The van der Waals surface area contributed by atoms with E-state index >= 15 is 0 Å². The van der Waals surface area contributed by atoms with Crippen molar-refractivity contribution in [3.8, 4) is 0 Å². The van der Waals surface area contributed by atoms with Crippen LogP contribution in [0.2, 0.25) is 0 Å². The van der Waals surface area contributed by atoms with Gasteiger partial charge in [-0.05, 0) is 12.8 Å². The lowest BCUT2D eigenvalue weighted by Gasteiger charge is -1.96. The topological polar surface area (TPSA) is 0 Å². The van der Waals surface area contributed by atoms with Crippen LogP contribution >= 0.6 is 15.9 Å². The number of unbranched alkanes of at least 4 members (excludes halogenated alkanes) is 2. The van der Waals surface area contributed by atoms with Crippen molar-refractivity contribution in [2.24, 2.45) is 0 Å². The van der Waals surface area contributed by atoms with Crippen LogP contribution in [0.25, 0.3) is 0 Å². The third-order valence-electron chi connectivity index (χ3n) is 1.46. The summed E-state index contributed by atoms with van der Waals surface area (Å²) in [6.07, 6.45) is 9.55. The molecule has 0 nitrogen and oxygen atoms in total. The van der Waals surface area contributed by atoms with Gasteiger partial charge < -0.3 is 0 Å². The summed E-state index contributed by atoms with van der Waals surface area (Å²) in [5, 5.41) is 0. The van der Waals surface area contributed by atoms with E-state index < -0.39 is 0 Å². The van der Waals surface area contributed by atoms with E-state index in [1.807, 2.05) is 0 Å². The molecule has 0 N–H and O–H groups in total. The van der Waals surface area contributed by atoms with Crippen molar-refractivity contribution in [1.29, 1.82) is 0 Å². The molecule has 0 aromatic rings. The first-order valence-corrected chi connectivity index (χ1v) is 5.03. The second kappa shape index (κ2) is 7.33. The normalized spacial score (nSPS) is 14.3. The van der Waals surface area contributed by atoms with Gasteiger partial charge in [-0.25, -0.2) is 0 Å². The van der Waals surface area contributed by atoms with Crippen molar-refractivity contribution in [2.45, 2.75) is 44.4 Å². The minimum Gasteiger partial charge on any atom is -0.0874 e. The highest BCUT2D eigenvalue weighted by atomic mass is 79.9. The lowest BCUT2D eigenvalue weighted by molar-refractivity contribution is 0.811. The van der Waals surface area contributed by atoms with Gasteiger partial charge in [-0.2, -0.15) is 0 Å². The maximum absolute atomic E-state index is 3.54. The average Bonchev–Trinajstić information content (AvgIpc) is 1.98. The van der Waals surface area contributed by atoms with Gasteiger partial charge in [0.15, 0.2) is 0 Å². The van der Waals surface area contributed by atoms with Crippen molar-refractivity contribution in [2.75, 3.05) is 0 Å². The molecule has 0 aromatic carbocycles. The smallest absolute Gasteiger partial charge is 0.0322 e. The predicted octanol–water partition coefficient (Wildman–Crippen LogP) is 3.91. The SMILES string of the molecule is CCCC/C=C/C(Br)CC. The Hall–Kier alpha value is 0.220. The van der Waals surface area contributed by atoms with Crippen LogP contribution in [-0.2, 0) is 0 Å². The molecule has 1 heteroatoms. The molecule has 0 radical (unpaired) electrons. The van der Waals surface area contributed by atoms with Crippen LogP contribution in [-0.4, -0.2) is 4.83 Å². The summed E-state index contributed by atoms with van der Waals surface area (Å²) in [5.41, 5.74) is 0. The third-order valence-corrected chi connectivity index (χ3v) is 2.41. The molecule has 0 aliphatic carbocycles. The summed E-state index contributed by atoms with van der Waals surface area (Å²) >= 11 is 3.54. The van der Waals surface area contributed by atoms with E-state index in [1.54, 1.807) is 0 Å². The first-order chi connectivity index (χ1) is 4.81. The van der Waals surface area contributed by atoms with Gasteiger partial charge in [0.1, 0.15) is 0 Å². The van der Waals surface area contributed by atoms with Gasteiger partial charge in [0.25, 0.3) is 0 Å². The molecule has 10 heavy (non-hydrogen) atoms. The quantitative estimate of drug-likeness (QED) is 0.362. The van der Waals surface area contributed by atoms with Crippen LogP contribution in [0, 0.1) is 0 Å². The first kappa shape index (κ1) is 10.2. The van der Waals surface area contributed by atoms with Gasteiger partial charge in [0.05, 0.1) is 0 Å². The van der Waals surface area contributed by atoms with Crippen LogP contribution in [0.15, 0.2) is 12.2 Å². The van der Waals surface area contributed by atoms with Crippen LogP contribution in [0.3, 0.4) is 0 Å². The molecule has 0 aliphatic rings. The Kier molecular flexibility index (Phi) is 7.49. The molecule has 0 fully saturated rings. The van der Waals surface area contributed by atoms with Gasteiger partial charge in [-0.15, -0.1) is 0 Å². The number of rotatable bonds is 5. The van der Waals surface area contributed by atoms with Crippen molar-refractivity contribution < 1.29 is 0 Å². The molecular weight excluding hydrogens is 188 g/mol. The average molecular weight is 205 g/mol. The molecule has 60 valence electrons. The molecular formula is C9H17Br. The van der Waals surface area contributed by atoms with E-state index in [2.05, 4.69) is 41.9 Å². The number of hydrogen-bond acceptors (Lipinski definition) is 0. The van der Waals surface area contributed by atoms with E-state index in [0.29, 0.717) is 4.83 Å². The second-order valence-corrected chi connectivity index (χ2v) is 3.67. The fourth-order valence-electron chi connectivity index (χ4n) is 0.702. The lowest BCUT2D eigenvalue weighted by atomic mass is 10.2. The summed E-state index contributed by atoms with van der Waals surface area (Å²) < 4.78 is 0. The Morgan fingerprint density at radius 1 is 1.40 bits per heavy atom.